The van der Waals surface area contributed by atoms with Crippen LogP contribution in [0.1, 0.15) is 19.4 Å². The Labute approximate surface area is 203 Å². The number of hydrogen-bond donors (Lipinski definition) is 3. The van der Waals surface area contributed by atoms with Gasteiger partial charge in [0.25, 0.3) is 0 Å². The van der Waals surface area contributed by atoms with Crippen molar-refractivity contribution in [3.8, 4) is 0 Å². The summed E-state index contributed by atoms with van der Waals surface area (Å²) in [6.45, 7) is 5.76. The normalized spacial score (nSPS) is 12.0. The topological polar surface area (TPSA) is 74.8 Å². The Morgan fingerprint density at radius 1 is 1.06 bits per heavy atom. The lowest BCUT2D eigenvalue weighted by molar-refractivity contribution is -0.114. The highest BCUT2D eigenvalue weighted by molar-refractivity contribution is 14.0. The molecule has 0 aliphatic heterocycles. The Bertz CT molecular complexity index is 885. The summed E-state index contributed by atoms with van der Waals surface area (Å²) in [5, 5.41) is 8.29. The van der Waals surface area contributed by atoms with Crippen molar-refractivity contribution < 1.29 is 22.7 Å². The second-order valence-corrected chi connectivity index (χ2v) is 6.95. The maximum atomic E-state index is 13.7. The fourth-order valence-electron chi connectivity index (χ4n) is 2.59. The molecule has 0 spiro atoms. The molecule has 0 saturated carbocycles. The van der Waals surface area contributed by atoms with Crippen LogP contribution in [0.4, 0.5) is 18.9 Å². The van der Waals surface area contributed by atoms with Gasteiger partial charge < -0.3 is 20.7 Å². The fourth-order valence-corrected chi connectivity index (χ4v) is 2.59. The number of guanidine groups is 1. The first-order valence-corrected chi connectivity index (χ1v) is 9.97. The number of aliphatic imine (C=N–C) groups is 1. The van der Waals surface area contributed by atoms with Gasteiger partial charge >= 0.3 is 0 Å². The molecule has 6 nitrogen and oxygen atoms in total. The fraction of sp³-hybridized carbons (Fsp3) is 0.364. The second-order valence-electron chi connectivity index (χ2n) is 6.95. The van der Waals surface area contributed by atoms with Gasteiger partial charge in [-0.3, -0.25) is 4.79 Å². The third-order valence-electron chi connectivity index (χ3n) is 4.17. The number of carbonyl (C=O) groups excluding carboxylic acids is 1. The molecule has 176 valence electrons. The van der Waals surface area contributed by atoms with E-state index >= 15 is 0 Å². The Hall–Kier alpha value is -2.34. The average Bonchev–Trinajstić information content (AvgIpc) is 2.77. The third kappa shape index (κ3) is 9.43. The van der Waals surface area contributed by atoms with Crippen molar-refractivity contribution in [3.63, 3.8) is 0 Å². The predicted octanol–water partition coefficient (Wildman–Crippen LogP) is 4.07. The van der Waals surface area contributed by atoms with Crippen molar-refractivity contribution >= 4 is 41.5 Å². The number of amides is 1. The highest BCUT2D eigenvalue weighted by Gasteiger charge is 2.15. The summed E-state index contributed by atoms with van der Waals surface area (Å²) in [5.41, 5.74) is 0.655. The molecule has 0 bridgehead atoms. The number of halogens is 4. The van der Waals surface area contributed by atoms with Gasteiger partial charge in [-0.2, -0.15) is 0 Å². The molecule has 0 fully saturated rings. The van der Waals surface area contributed by atoms with Crippen molar-refractivity contribution in [1.82, 2.24) is 10.6 Å². The summed E-state index contributed by atoms with van der Waals surface area (Å²) in [6.07, 6.45) is 0. The van der Waals surface area contributed by atoms with Crippen LogP contribution in [0.25, 0.3) is 0 Å². The molecule has 3 N–H and O–H groups in total. The maximum absolute atomic E-state index is 13.7. The Morgan fingerprint density at radius 3 is 2.47 bits per heavy atom. The zero-order chi connectivity index (χ0) is 22.6. The summed E-state index contributed by atoms with van der Waals surface area (Å²) in [4.78, 5) is 16.1. The van der Waals surface area contributed by atoms with Gasteiger partial charge in [0.2, 0.25) is 5.91 Å². The monoisotopic (exact) mass is 564 g/mol. The van der Waals surface area contributed by atoms with Crippen molar-refractivity contribution in [2.45, 2.75) is 20.5 Å². The van der Waals surface area contributed by atoms with E-state index in [4.69, 9.17) is 4.74 Å². The van der Waals surface area contributed by atoms with Gasteiger partial charge in [-0.15, -0.1) is 24.0 Å². The number of anilines is 1. The minimum atomic E-state index is -1.64. The van der Waals surface area contributed by atoms with Crippen LogP contribution < -0.4 is 16.0 Å². The molecule has 10 heteroatoms. The minimum Gasteiger partial charge on any atom is -0.376 e. The third-order valence-corrected chi connectivity index (χ3v) is 4.17. The van der Waals surface area contributed by atoms with E-state index in [1.54, 1.807) is 0 Å². The summed E-state index contributed by atoms with van der Waals surface area (Å²) in [7, 11) is 0. The molecular weight excluding hydrogens is 536 g/mol. The maximum Gasteiger partial charge on any atom is 0.246 e. The van der Waals surface area contributed by atoms with E-state index in [1.807, 2.05) is 44.2 Å². The van der Waals surface area contributed by atoms with Crippen LogP contribution >= 0.6 is 24.0 Å². The van der Waals surface area contributed by atoms with Crippen LogP contribution in [0.2, 0.25) is 0 Å². The molecule has 0 aliphatic rings. The van der Waals surface area contributed by atoms with E-state index in [1.165, 1.54) is 0 Å². The van der Waals surface area contributed by atoms with Crippen molar-refractivity contribution in [1.29, 1.82) is 0 Å². The Kier molecular flexibility index (Phi) is 12.7. The van der Waals surface area contributed by atoms with Crippen molar-refractivity contribution in [2.75, 3.05) is 31.6 Å². The molecule has 32 heavy (non-hydrogen) atoms. The largest absolute Gasteiger partial charge is 0.376 e. The standard InChI is InChI=1S/C22H27F3N4O2.HI/c1-3-26-22(27-11-15(2)13-31-14-16-7-5-4-6-8-16)28-12-19(30)29-18-10-9-17(23)20(24)21(18)25;/h4-10,15H,3,11-14H2,1-2H3,(H,29,30)(H2,26,27,28);1H. The SMILES string of the molecule is CCNC(=NCC(=O)Nc1ccc(F)c(F)c1F)NCC(C)COCc1ccccc1.I. The minimum absolute atomic E-state index is 0. The van der Waals surface area contributed by atoms with Gasteiger partial charge in [-0.1, -0.05) is 37.3 Å². The lowest BCUT2D eigenvalue weighted by Gasteiger charge is -2.16. The molecule has 1 atom stereocenters. The van der Waals surface area contributed by atoms with Crippen LogP contribution in [-0.4, -0.2) is 38.1 Å². The van der Waals surface area contributed by atoms with Gasteiger partial charge in [-0.25, -0.2) is 18.2 Å². The number of ether oxygens (including phenoxy) is 1. The Balaban J connectivity index is 0.00000512. The van der Waals surface area contributed by atoms with Gasteiger partial charge in [0.05, 0.1) is 18.9 Å². The molecule has 2 aromatic carbocycles. The molecule has 0 heterocycles. The molecular formula is C22H28F3IN4O2. The highest BCUT2D eigenvalue weighted by atomic mass is 127. The molecule has 0 saturated heterocycles. The first kappa shape index (κ1) is 27.7. The molecule has 2 aromatic rings. The first-order chi connectivity index (χ1) is 14.9. The molecule has 1 amide bonds. The van der Waals surface area contributed by atoms with Gasteiger partial charge in [0.1, 0.15) is 6.54 Å². The van der Waals surface area contributed by atoms with Crippen LogP contribution in [0.3, 0.4) is 0 Å². The summed E-state index contributed by atoms with van der Waals surface area (Å²) < 4.78 is 45.6. The van der Waals surface area contributed by atoms with Crippen LogP contribution in [-0.2, 0) is 16.1 Å². The molecule has 0 aromatic heterocycles. The lowest BCUT2D eigenvalue weighted by atomic mass is 10.2. The van der Waals surface area contributed by atoms with E-state index < -0.39 is 29.0 Å². The number of rotatable bonds is 10. The number of hydrogen-bond acceptors (Lipinski definition) is 3. The second kappa shape index (κ2) is 14.7. The Morgan fingerprint density at radius 2 is 1.78 bits per heavy atom. The summed E-state index contributed by atoms with van der Waals surface area (Å²) in [6, 6.07) is 11.6. The summed E-state index contributed by atoms with van der Waals surface area (Å²) >= 11 is 0. The highest BCUT2D eigenvalue weighted by Crippen LogP contribution is 2.19. The van der Waals surface area contributed by atoms with E-state index in [0.717, 1.165) is 17.7 Å². The van der Waals surface area contributed by atoms with Crippen LogP contribution in [0.5, 0.6) is 0 Å². The predicted molar refractivity (Wildman–Crippen MR) is 130 cm³/mol. The number of nitrogens with one attached hydrogen (secondary N) is 3. The molecule has 0 radical (unpaired) electrons. The first-order valence-electron chi connectivity index (χ1n) is 9.97. The van der Waals surface area contributed by atoms with Gasteiger partial charge in [-0.05, 0) is 30.5 Å². The average molecular weight is 564 g/mol. The van der Waals surface area contributed by atoms with Crippen LogP contribution in [0, 0.1) is 23.4 Å². The van der Waals surface area contributed by atoms with Gasteiger partial charge in [0, 0.05) is 13.1 Å². The van der Waals surface area contributed by atoms with Crippen molar-refractivity contribution in [3.05, 3.63) is 65.5 Å². The molecule has 0 aliphatic carbocycles. The lowest BCUT2D eigenvalue weighted by Crippen LogP contribution is -2.40. The van der Waals surface area contributed by atoms with E-state index in [9.17, 15) is 18.0 Å². The van der Waals surface area contributed by atoms with Crippen LogP contribution in [0.15, 0.2) is 47.5 Å². The van der Waals surface area contributed by atoms with E-state index in [2.05, 4.69) is 20.9 Å². The smallest absolute Gasteiger partial charge is 0.246 e. The quantitative estimate of drug-likeness (QED) is 0.176. The number of carbonyl (C=O) groups is 1. The summed E-state index contributed by atoms with van der Waals surface area (Å²) in [5.74, 6) is -4.50. The van der Waals surface area contributed by atoms with Crippen molar-refractivity contribution in [2.24, 2.45) is 10.9 Å². The number of nitrogens with zero attached hydrogens (tertiary/aromatic N) is 1. The molecule has 1 unspecified atom stereocenters. The molecule has 2 rings (SSSR count). The zero-order valence-corrected chi connectivity index (χ0v) is 20.3. The number of benzene rings is 2. The van der Waals surface area contributed by atoms with E-state index in [-0.39, 0.29) is 36.4 Å². The zero-order valence-electron chi connectivity index (χ0n) is 18.0. The van der Waals surface area contributed by atoms with E-state index in [0.29, 0.717) is 32.3 Å². The van der Waals surface area contributed by atoms with Gasteiger partial charge in [0.15, 0.2) is 23.4 Å².